The van der Waals surface area contributed by atoms with Gasteiger partial charge < -0.3 is 19.4 Å². The third-order valence-corrected chi connectivity index (χ3v) is 4.82. The van der Waals surface area contributed by atoms with Crippen LogP contribution < -0.4 is 4.90 Å². The molecule has 0 saturated carbocycles. The van der Waals surface area contributed by atoms with Crippen molar-refractivity contribution < 1.29 is 9.53 Å². The number of hydrogen-bond acceptors (Lipinski definition) is 7. The topological polar surface area (TPSA) is 79.6 Å². The number of anilines is 1. The molecule has 0 bridgehead atoms. The Morgan fingerprint density at radius 3 is 2.61 bits per heavy atom. The molecular formula is C19H29N7O2. The molecule has 1 aliphatic rings. The van der Waals surface area contributed by atoms with E-state index in [2.05, 4.69) is 20.0 Å². The molecule has 0 spiro atoms. The number of carbonyl (C=O) groups excluding carboxylic acids is 1. The third-order valence-electron chi connectivity index (χ3n) is 4.82. The molecule has 1 fully saturated rings. The first-order valence-corrected chi connectivity index (χ1v) is 9.34. The number of ether oxygens (including phenoxy) is 1. The molecule has 0 N–H and O–H groups in total. The van der Waals surface area contributed by atoms with Gasteiger partial charge in [0, 0.05) is 52.2 Å². The van der Waals surface area contributed by atoms with Gasteiger partial charge in [-0.1, -0.05) is 0 Å². The molecule has 2 atom stereocenters. The van der Waals surface area contributed by atoms with Crippen molar-refractivity contribution >= 4 is 11.9 Å². The van der Waals surface area contributed by atoms with Crippen LogP contribution in [0.2, 0.25) is 0 Å². The van der Waals surface area contributed by atoms with Crippen LogP contribution in [-0.4, -0.2) is 89.4 Å². The van der Waals surface area contributed by atoms with Crippen LogP contribution in [0.1, 0.15) is 27.7 Å². The summed E-state index contributed by atoms with van der Waals surface area (Å²) in [5.74, 6) is 0.508. The predicted octanol–water partition coefficient (Wildman–Crippen LogP) is 0.728. The van der Waals surface area contributed by atoms with E-state index < -0.39 is 0 Å². The fraction of sp³-hybridized carbons (Fsp3) is 0.579. The molecular weight excluding hydrogens is 358 g/mol. The van der Waals surface area contributed by atoms with E-state index in [-0.39, 0.29) is 18.1 Å². The lowest BCUT2D eigenvalue weighted by atomic mass is 9.99. The summed E-state index contributed by atoms with van der Waals surface area (Å²) in [4.78, 5) is 28.0. The predicted molar refractivity (Wildman–Crippen MR) is 106 cm³/mol. The first-order valence-electron chi connectivity index (χ1n) is 9.34. The summed E-state index contributed by atoms with van der Waals surface area (Å²) < 4.78 is 7.80. The lowest BCUT2D eigenvalue weighted by Crippen LogP contribution is -2.51. The van der Waals surface area contributed by atoms with E-state index >= 15 is 0 Å². The second-order valence-electron chi connectivity index (χ2n) is 7.63. The zero-order valence-electron chi connectivity index (χ0n) is 17.5. The number of aromatic nitrogens is 4. The minimum Gasteiger partial charge on any atom is -0.373 e. The highest BCUT2D eigenvalue weighted by Gasteiger charge is 2.38. The maximum Gasteiger partial charge on any atom is 0.257 e. The highest BCUT2D eigenvalue weighted by Crippen LogP contribution is 2.31. The van der Waals surface area contributed by atoms with Crippen molar-refractivity contribution in [3.8, 4) is 0 Å². The van der Waals surface area contributed by atoms with Crippen LogP contribution in [0.5, 0.6) is 0 Å². The van der Waals surface area contributed by atoms with Gasteiger partial charge in [0.1, 0.15) is 0 Å². The molecule has 2 aromatic heterocycles. The van der Waals surface area contributed by atoms with E-state index in [1.807, 2.05) is 58.2 Å². The van der Waals surface area contributed by atoms with E-state index in [0.717, 1.165) is 5.56 Å². The Hall–Kier alpha value is -2.52. The average molecular weight is 387 g/mol. The Kier molecular flexibility index (Phi) is 5.95. The number of amides is 1. The highest BCUT2D eigenvalue weighted by atomic mass is 16.5. The van der Waals surface area contributed by atoms with Gasteiger partial charge in [0.15, 0.2) is 0 Å². The number of morpholine rings is 1. The minimum absolute atomic E-state index is 0.0799. The molecule has 3 heterocycles. The van der Waals surface area contributed by atoms with Crippen LogP contribution in [0.15, 0.2) is 18.6 Å². The zero-order chi connectivity index (χ0) is 20.4. The molecule has 3 rings (SSSR count). The summed E-state index contributed by atoms with van der Waals surface area (Å²) in [5.41, 5.74) is 2.15. The van der Waals surface area contributed by atoms with Crippen molar-refractivity contribution in [2.75, 3.05) is 52.8 Å². The van der Waals surface area contributed by atoms with Gasteiger partial charge in [0.2, 0.25) is 5.95 Å². The van der Waals surface area contributed by atoms with Crippen molar-refractivity contribution in [2.45, 2.75) is 19.1 Å². The molecule has 1 aliphatic heterocycles. The molecule has 0 aromatic carbocycles. The molecule has 9 nitrogen and oxygen atoms in total. The quantitative estimate of drug-likeness (QED) is 0.748. The van der Waals surface area contributed by atoms with Gasteiger partial charge in [0.05, 0.1) is 36.2 Å². The smallest absolute Gasteiger partial charge is 0.257 e. The molecule has 0 aliphatic carbocycles. The Bertz CT molecular complexity index is 833. The van der Waals surface area contributed by atoms with Gasteiger partial charge in [0.25, 0.3) is 5.91 Å². The second kappa shape index (κ2) is 8.24. The first kappa shape index (κ1) is 20.2. The van der Waals surface area contributed by atoms with Gasteiger partial charge in [-0.2, -0.15) is 5.10 Å². The van der Waals surface area contributed by atoms with Crippen LogP contribution in [0.3, 0.4) is 0 Å². The Morgan fingerprint density at radius 1 is 1.29 bits per heavy atom. The number of likely N-dealkylation sites (N-methyl/N-ethyl adjacent to an activating group) is 1. The van der Waals surface area contributed by atoms with Gasteiger partial charge in [-0.05, 0) is 21.0 Å². The Morgan fingerprint density at radius 2 is 2.04 bits per heavy atom. The maximum absolute atomic E-state index is 13.5. The molecule has 1 amide bonds. The van der Waals surface area contributed by atoms with Gasteiger partial charge >= 0.3 is 0 Å². The van der Waals surface area contributed by atoms with E-state index in [9.17, 15) is 4.79 Å². The van der Waals surface area contributed by atoms with Gasteiger partial charge in [-0.15, -0.1) is 0 Å². The molecule has 9 heteroatoms. The summed E-state index contributed by atoms with van der Waals surface area (Å²) in [6.07, 6.45) is 5.23. The van der Waals surface area contributed by atoms with Crippen molar-refractivity contribution in [3.63, 3.8) is 0 Å². The zero-order valence-corrected chi connectivity index (χ0v) is 17.5. The SMILES string of the molecule is Cc1nc(N(C)C)ncc1C(=O)N1CCO[C@@H](CN(C)C)[C@@H]1c1cnn(C)c1. The summed E-state index contributed by atoms with van der Waals surface area (Å²) in [6, 6.07) is -0.217. The highest BCUT2D eigenvalue weighted by molar-refractivity contribution is 5.95. The average Bonchev–Trinajstić information content (AvgIpc) is 3.06. The van der Waals surface area contributed by atoms with E-state index in [4.69, 9.17) is 4.74 Å². The molecule has 1 saturated heterocycles. The summed E-state index contributed by atoms with van der Waals surface area (Å²) in [6.45, 7) is 3.56. The van der Waals surface area contributed by atoms with Crippen molar-refractivity contribution in [1.29, 1.82) is 0 Å². The molecule has 28 heavy (non-hydrogen) atoms. The first-order chi connectivity index (χ1) is 13.3. The van der Waals surface area contributed by atoms with Gasteiger partial charge in [-0.3, -0.25) is 9.48 Å². The van der Waals surface area contributed by atoms with Crippen LogP contribution in [0, 0.1) is 6.92 Å². The van der Waals surface area contributed by atoms with E-state index in [1.54, 1.807) is 17.1 Å². The number of hydrogen-bond donors (Lipinski definition) is 0. The molecule has 2 aromatic rings. The minimum atomic E-state index is -0.217. The van der Waals surface area contributed by atoms with Crippen molar-refractivity contribution in [1.82, 2.24) is 29.5 Å². The van der Waals surface area contributed by atoms with Crippen molar-refractivity contribution in [3.05, 3.63) is 35.4 Å². The standard InChI is InChI=1S/C19H29N7O2/c1-13-15(10-20-19(22-13)24(4)5)18(27)26-7-8-28-16(12-23(2)3)17(26)14-9-21-25(6)11-14/h9-11,16-17H,7-8,12H2,1-6H3/t16-,17-/m0/s1. The number of aryl methyl sites for hydroxylation is 2. The maximum atomic E-state index is 13.5. The fourth-order valence-electron chi connectivity index (χ4n) is 3.50. The van der Waals surface area contributed by atoms with Crippen LogP contribution in [-0.2, 0) is 11.8 Å². The third kappa shape index (κ3) is 4.15. The molecule has 152 valence electrons. The summed E-state index contributed by atoms with van der Waals surface area (Å²) in [7, 11) is 9.63. The fourth-order valence-corrected chi connectivity index (χ4v) is 3.50. The van der Waals surface area contributed by atoms with Crippen LogP contribution in [0.25, 0.3) is 0 Å². The second-order valence-corrected chi connectivity index (χ2v) is 7.63. The van der Waals surface area contributed by atoms with Gasteiger partial charge in [-0.25, -0.2) is 9.97 Å². The lowest BCUT2D eigenvalue weighted by molar-refractivity contribution is -0.0685. The number of rotatable bonds is 5. The normalized spacial score (nSPS) is 19.9. The summed E-state index contributed by atoms with van der Waals surface area (Å²) in [5, 5.41) is 4.30. The number of carbonyl (C=O) groups is 1. The van der Waals surface area contributed by atoms with Crippen LogP contribution in [0.4, 0.5) is 5.95 Å². The lowest BCUT2D eigenvalue weighted by Gasteiger charge is -2.42. The van der Waals surface area contributed by atoms with Crippen molar-refractivity contribution in [2.24, 2.45) is 7.05 Å². The largest absolute Gasteiger partial charge is 0.373 e. The number of nitrogens with zero attached hydrogens (tertiary/aromatic N) is 7. The van der Waals surface area contributed by atoms with E-state index in [1.165, 1.54) is 0 Å². The van der Waals surface area contributed by atoms with Crippen LogP contribution >= 0.6 is 0 Å². The molecule has 0 radical (unpaired) electrons. The molecule has 0 unspecified atom stereocenters. The monoisotopic (exact) mass is 387 g/mol. The van der Waals surface area contributed by atoms with E-state index in [0.29, 0.717) is 36.9 Å². The summed E-state index contributed by atoms with van der Waals surface area (Å²) >= 11 is 0. The Balaban J connectivity index is 1.96. The Labute approximate surface area is 165 Å².